The lowest BCUT2D eigenvalue weighted by molar-refractivity contribution is -0.177. The molecule has 0 bridgehead atoms. The molecular weight excluding hydrogens is 506 g/mol. The standard InChI is InChI=1S/C21H22F6N2O7/c1-19(2,3)36-18(33)29-13(9-20(22,23)24)15(30)35-11-14(28-17(32)21(25,26)27)16(31)34-10-12-7-5-4-6-8-12/h4-9,14H,10-11H2,1-3H3,(H,28,32)(H,29,33)/t14-/m0/s1. The molecule has 0 saturated carbocycles. The normalized spacial score (nSPS) is 13.3. The van der Waals surface area contributed by atoms with Crippen LogP contribution in [0.2, 0.25) is 0 Å². The molecule has 2 amide bonds. The molecule has 0 radical (unpaired) electrons. The van der Waals surface area contributed by atoms with Gasteiger partial charge in [-0.2, -0.15) is 26.3 Å². The SMILES string of the molecule is CC(C)(C)OC(=O)NC(=CC(F)(F)F)C(=O)OC[C@H](NC(=O)C(F)(F)F)C(=O)OCc1ccccc1. The van der Waals surface area contributed by atoms with Crippen molar-refractivity contribution in [2.45, 2.75) is 51.4 Å². The summed E-state index contributed by atoms with van der Waals surface area (Å²) in [6, 6.07) is 5.54. The molecule has 1 rings (SSSR count). The Morgan fingerprint density at radius 2 is 1.53 bits per heavy atom. The molecule has 200 valence electrons. The van der Waals surface area contributed by atoms with Crippen LogP contribution in [0.4, 0.5) is 31.1 Å². The van der Waals surface area contributed by atoms with Crippen molar-refractivity contribution in [1.82, 2.24) is 10.6 Å². The van der Waals surface area contributed by atoms with Gasteiger partial charge in [-0.25, -0.2) is 14.4 Å². The van der Waals surface area contributed by atoms with Crippen LogP contribution in [-0.4, -0.2) is 54.5 Å². The van der Waals surface area contributed by atoms with Crippen LogP contribution in [0.3, 0.4) is 0 Å². The van der Waals surface area contributed by atoms with Gasteiger partial charge in [-0.15, -0.1) is 0 Å². The predicted octanol–water partition coefficient (Wildman–Crippen LogP) is 3.29. The third-order valence-corrected chi connectivity index (χ3v) is 3.62. The lowest BCUT2D eigenvalue weighted by atomic mass is 10.2. The number of allylic oxidation sites excluding steroid dienone is 1. The lowest BCUT2D eigenvalue weighted by Crippen LogP contribution is -2.50. The first-order valence-electron chi connectivity index (χ1n) is 9.92. The molecule has 15 heteroatoms. The predicted molar refractivity (Wildman–Crippen MR) is 109 cm³/mol. The Labute approximate surface area is 200 Å². The molecular formula is C21H22F6N2O7. The van der Waals surface area contributed by atoms with Crippen molar-refractivity contribution < 1.29 is 59.7 Å². The van der Waals surface area contributed by atoms with Crippen molar-refractivity contribution in [2.24, 2.45) is 0 Å². The molecule has 0 fully saturated rings. The van der Waals surface area contributed by atoms with E-state index >= 15 is 0 Å². The Morgan fingerprint density at radius 3 is 2.03 bits per heavy atom. The Kier molecular flexibility index (Phi) is 10.3. The highest BCUT2D eigenvalue weighted by atomic mass is 19.4. The average molecular weight is 528 g/mol. The van der Waals surface area contributed by atoms with E-state index in [-0.39, 0.29) is 0 Å². The first-order chi connectivity index (χ1) is 16.4. The zero-order valence-electron chi connectivity index (χ0n) is 19.1. The largest absolute Gasteiger partial charge is 0.471 e. The van der Waals surface area contributed by atoms with Crippen molar-refractivity contribution in [3.05, 3.63) is 47.7 Å². The molecule has 0 unspecified atom stereocenters. The first kappa shape index (κ1) is 30.3. The fraction of sp³-hybridized carbons (Fsp3) is 0.429. The van der Waals surface area contributed by atoms with Gasteiger partial charge in [0.15, 0.2) is 6.04 Å². The molecule has 0 aliphatic heterocycles. The van der Waals surface area contributed by atoms with E-state index in [0.29, 0.717) is 5.56 Å². The zero-order valence-corrected chi connectivity index (χ0v) is 19.1. The number of carbonyl (C=O) groups is 4. The van der Waals surface area contributed by atoms with E-state index in [1.165, 1.54) is 43.5 Å². The van der Waals surface area contributed by atoms with Crippen LogP contribution in [0.15, 0.2) is 42.1 Å². The summed E-state index contributed by atoms with van der Waals surface area (Å²) in [5.74, 6) is -5.97. The van der Waals surface area contributed by atoms with Crippen LogP contribution >= 0.6 is 0 Å². The topological polar surface area (TPSA) is 120 Å². The number of esters is 2. The Morgan fingerprint density at radius 1 is 0.944 bits per heavy atom. The second kappa shape index (κ2) is 12.3. The Bertz CT molecular complexity index is 970. The van der Waals surface area contributed by atoms with Gasteiger partial charge in [0.1, 0.15) is 24.5 Å². The van der Waals surface area contributed by atoms with Crippen LogP contribution in [0.25, 0.3) is 0 Å². The number of alkyl halides is 6. The van der Waals surface area contributed by atoms with E-state index in [9.17, 15) is 45.5 Å². The average Bonchev–Trinajstić information content (AvgIpc) is 2.71. The summed E-state index contributed by atoms with van der Waals surface area (Å²) in [5, 5.41) is 2.75. The van der Waals surface area contributed by atoms with Crippen LogP contribution in [0.5, 0.6) is 0 Å². The van der Waals surface area contributed by atoms with Gasteiger partial charge in [-0.3, -0.25) is 10.1 Å². The Hall–Kier alpha value is -3.78. The van der Waals surface area contributed by atoms with Crippen LogP contribution in [0.1, 0.15) is 26.3 Å². The van der Waals surface area contributed by atoms with Gasteiger partial charge in [0.05, 0.1) is 6.08 Å². The van der Waals surface area contributed by atoms with Crippen molar-refractivity contribution in [3.8, 4) is 0 Å². The minimum absolute atomic E-state index is 0.417. The molecule has 0 aromatic heterocycles. The first-order valence-corrected chi connectivity index (χ1v) is 9.92. The van der Waals surface area contributed by atoms with Crippen molar-refractivity contribution in [3.63, 3.8) is 0 Å². The number of amides is 2. The fourth-order valence-electron chi connectivity index (χ4n) is 2.20. The van der Waals surface area contributed by atoms with Crippen molar-refractivity contribution in [1.29, 1.82) is 0 Å². The van der Waals surface area contributed by atoms with Gasteiger partial charge < -0.3 is 19.5 Å². The van der Waals surface area contributed by atoms with Gasteiger partial charge in [0.25, 0.3) is 0 Å². The van der Waals surface area contributed by atoms with Crippen LogP contribution < -0.4 is 10.6 Å². The molecule has 0 saturated heterocycles. The molecule has 0 aliphatic rings. The van der Waals surface area contributed by atoms with Gasteiger partial charge in [0.2, 0.25) is 0 Å². The number of rotatable bonds is 8. The number of nitrogens with one attached hydrogen (secondary N) is 2. The Balaban J connectivity index is 3.01. The second-order valence-electron chi connectivity index (χ2n) is 7.94. The van der Waals surface area contributed by atoms with Crippen LogP contribution in [-0.2, 0) is 35.2 Å². The molecule has 36 heavy (non-hydrogen) atoms. The highest BCUT2D eigenvalue weighted by Gasteiger charge is 2.41. The number of hydrogen-bond donors (Lipinski definition) is 2. The smallest absolute Gasteiger partial charge is 0.459 e. The van der Waals surface area contributed by atoms with E-state index in [1.54, 1.807) is 18.2 Å². The molecule has 0 spiro atoms. The fourth-order valence-corrected chi connectivity index (χ4v) is 2.20. The van der Waals surface area contributed by atoms with E-state index in [2.05, 4.69) is 4.74 Å². The third-order valence-electron chi connectivity index (χ3n) is 3.62. The molecule has 1 aromatic rings. The summed E-state index contributed by atoms with van der Waals surface area (Å²) < 4.78 is 90.4. The molecule has 9 nitrogen and oxygen atoms in total. The lowest BCUT2D eigenvalue weighted by Gasteiger charge is -2.21. The number of hydrogen-bond acceptors (Lipinski definition) is 7. The molecule has 1 aromatic carbocycles. The summed E-state index contributed by atoms with van der Waals surface area (Å²) in [7, 11) is 0. The second-order valence-corrected chi connectivity index (χ2v) is 7.94. The minimum atomic E-state index is -5.44. The number of benzene rings is 1. The maximum Gasteiger partial charge on any atom is 0.471 e. The monoisotopic (exact) mass is 528 g/mol. The number of alkyl carbamates (subject to hydrolysis) is 1. The summed E-state index contributed by atoms with van der Waals surface area (Å²) in [6.07, 6.45) is -12.7. The van der Waals surface area contributed by atoms with E-state index in [1.807, 2.05) is 0 Å². The summed E-state index contributed by atoms with van der Waals surface area (Å²) in [6.45, 7) is 2.35. The third kappa shape index (κ3) is 12.1. The van der Waals surface area contributed by atoms with E-state index < -0.39 is 72.9 Å². The molecule has 0 aliphatic carbocycles. The van der Waals surface area contributed by atoms with Gasteiger partial charge >= 0.3 is 36.3 Å². The van der Waals surface area contributed by atoms with Gasteiger partial charge in [0, 0.05) is 0 Å². The summed E-state index contributed by atoms with van der Waals surface area (Å²) in [4.78, 5) is 47.5. The zero-order chi connectivity index (χ0) is 27.7. The summed E-state index contributed by atoms with van der Waals surface area (Å²) in [5.41, 5.74) is -2.23. The van der Waals surface area contributed by atoms with Crippen molar-refractivity contribution >= 4 is 23.9 Å². The summed E-state index contributed by atoms with van der Waals surface area (Å²) >= 11 is 0. The molecule has 2 N–H and O–H groups in total. The highest BCUT2D eigenvalue weighted by molar-refractivity contribution is 5.93. The molecule has 1 atom stereocenters. The van der Waals surface area contributed by atoms with E-state index in [4.69, 9.17) is 9.47 Å². The van der Waals surface area contributed by atoms with E-state index in [0.717, 1.165) is 0 Å². The van der Waals surface area contributed by atoms with Gasteiger partial charge in [-0.05, 0) is 26.3 Å². The quantitative estimate of drug-likeness (QED) is 0.230. The molecule has 0 heterocycles. The highest BCUT2D eigenvalue weighted by Crippen LogP contribution is 2.19. The van der Waals surface area contributed by atoms with Crippen molar-refractivity contribution in [2.75, 3.05) is 6.61 Å². The van der Waals surface area contributed by atoms with Gasteiger partial charge in [-0.1, -0.05) is 30.3 Å². The maximum absolute atomic E-state index is 12.8. The number of ether oxygens (including phenoxy) is 3. The maximum atomic E-state index is 12.8. The number of halogens is 6. The minimum Gasteiger partial charge on any atom is -0.459 e. The van der Waals surface area contributed by atoms with Crippen LogP contribution in [0, 0.1) is 0 Å². The number of carbonyl (C=O) groups excluding carboxylic acids is 4.